The molecule has 1 aliphatic heterocycles. The number of fused-ring (bicyclic) bond motifs is 1. The van der Waals surface area contributed by atoms with E-state index in [0.717, 1.165) is 42.0 Å². The van der Waals surface area contributed by atoms with Gasteiger partial charge in [-0.2, -0.15) is 5.10 Å². The number of pyridine rings is 1. The van der Waals surface area contributed by atoms with Crippen molar-refractivity contribution in [1.82, 2.24) is 40.4 Å². The maximum Gasteiger partial charge on any atom is 0.257 e. The summed E-state index contributed by atoms with van der Waals surface area (Å²) in [6, 6.07) is 16.3. The summed E-state index contributed by atoms with van der Waals surface area (Å²) in [5.74, 6) is -0.716. The normalized spacial score (nSPS) is 20.9. The van der Waals surface area contributed by atoms with Crippen LogP contribution in [0.25, 0.3) is 16.8 Å². The van der Waals surface area contributed by atoms with Crippen molar-refractivity contribution in [2.45, 2.75) is 70.2 Å². The molecular formula is C38H41FN8O4. The van der Waals surface area contributed by atoms with E-state index in [1.165, 1.54) is 6.20 Å². The first kappa shape index (κ1) is 34.1. The standard InChI is InChI=1S/C38H41FN8O4/c1-23-20-46(21-24(2)43-23)22-27-15-26(7-12-34(27)48)25-5-3-6-31(16-25)51-38-32(17-28(39)18-41-38)36(49)44-29-8-10-30(11-9-29)45-37(50)33-19-42-47-14-4-13-40-35(33)47/h3-7,12-19,23-24,29-30,43,48H,8-11,20-22H2,1-2H3,(H,44,49)(H,45,50)/t23-,24+,29-,30+. The molecule has 2 aliphatic rings. The minimum absolute atomic E-state index is 0.0113. The summed E-state index contributed by atoms with van der Waals surface area (Å²) in [7, 11) is 0. The van der Waals surface area contributed by atoms with Crippen molar-refractivity contribution in [3.05, 3.63) is 102 Å². The molecule has 0 bridgehead atoms. The van der Waals surface area contributed by atoms with Crippen molar-refractivity contribution in [3.8, 4) is 28.5 Å². The predicted octanol–water partition coefficient (Wildman–Crippen LogP) is 5.08. The van der Waals surface area contributed by atoms with E-state index in [9.17, 15) is 19.1 Å². The Labute approximate surface area is 295 Å². The van der Waals surface area contributed by atoms with Gasteiger partial charge in [0.25, 0.3) is 11.8 Å². The quantitative estimate of drug-likeness (QED) is 0.166. The molecule has 2 atom stereocenters. The number of piperazine rings is 1. The minimum Gasteiger partial charge on any atom is -0.508 e. The average Bonchev–Trinajstić information content (AvgIpc) is 3.55. The van der Waals surface area contributed by atoms with Crippen molar-refractivity contribution in [1.29, 1.82) is 0 Å². The van der Waals surface area contributed by atoms with Crippen LogP contribution >= 0.6 is 0 Å². The summed E-state index contributed by atoms with van der Waals surface area (Å²) in [5.41, 5.74) is 3.47. The van der Waals surface area contributed by atoms with Gasteiger partial charge in [0, 0.05) is 61.8 Å². The lowest BCUT2D eigenvalue weighted by molar-refractivity contribution is 0.0890. The van der Waals surface area contributed by atoms with Gasteiger partial charge in [0.05, 0.1) is 12.4 Å². The lowest BCUT2D eigenvalue weighted by atomic mass is 9.91. The molecule has 0 radical (unpaired) electrons. The van der Waals surface area contributed by atoms with E-state index in [4.69, 9.17) is 4.74 Å². The van der Waals surface area contributed by atoms with Crippen LogP contribution in [0.2, 0.25) is 0 Å². The highest BCUT2D eigenvalue weighted by molar-refractivity contribution is 5.99. The third-order valence-electron chi connectivity index (χ3n) is 9.47. The molecule has 13 heteroatoms. The summed E-state index contributed by atoms with van der Waals surface area (Å²) < 4.78 is 22.1. The van der Waals surface area contributed by atoms with E-state index in [1.54, 1.807) is 35.1 Å². The Bertz CT molecular complexity index is 2040. The van der Waals surface area contributed by atoms with Gasteiger partial charge in [-0.05, 0) is 87.1 Å². The molecular weight excluding hydrogens is 651 g/mol. The zero-order valence-corrected chi connectivity index (χ0v) is 28.6. The molecule has 1 aliphatic carbocycles. The van der Waals surface area contributed by atoms with Gasteiger partial charge in [0.2, 0.25) is 5.88 Å². The number of carbonyl (C=O) groups excluding carboxylic acids is 2. The first-order valence-corrected chi connectivity index (χ1v) is 17.3. The Morgan fingerprint density at radius 3 is 2.35 bits per heavy atom. The fourth-order valence-electron chi connectivity index (χ4n) is 7.12. The second kappa shape index (κ2) is 14.8. The van der Waals surface area contributed by atoms with Crippen LogP contribution in [-0.2, 0) is 6.54 Å². The molecule has 1 saturated carbocycles. The summed E-state index contributed by atoms with van der Waals surface area (Å²) >= 11 is 0. The number of phenols is 1. The first-order chi connectivity index (χ1) is 24.7. The smallest absolute Gasteiger partial charge is 0.257 e. The highest BCUT2D eigenvalue weighted by Gasteiger charge is 2.27. The molecule has 1 saturated heterocycles. The summed E-state index contributed by atoms with van der Waals surface area (Å²) in [6.07, 6.45) is 8.46. The zero-order chi connectivity index (χ0) is 35.5. The number of aromatic nitrogens is 4. The number of nitrogens with zero attached hydrogens (tertiary/aromatic N) is 5. The number of aromatic hydroxyl groups is 1. The van der Waals surface area contributed by atoms with Crippen LogP contribution in [0, 0.1) is 5.82 Å². The number of hydrogen-bond acceptors (Lipinski definition) is 9. The second-order valence-corrected chi connectivity index (χ2v) is 13.6. The van der Waals surface area contributed by atoms with E-state index in [-0.39, 0.29) is 35.2 Å². The van der Waals surface area contributed by atoms with Gasteiger partial charge in [-0.1, -0.05) is 18.2 Å². The van der Waals surface area contributed by atoms with Gasteiger partial charge in [-0.15, -0.1) is 0 Å². The maximum absolute atomic E-state index is 14.4. The van der Waals surface area contributed by atoms with E-state index < -0.39 is 11.7 Å². The molecule has 0 spiro atoms. The number of nitrogens with one attached hydrogen (secondary N) is 3. The number of halogens is 1. The Morgan fingerprint density at radius 2 is 1.61 bits per heavy atom. The van der Waals surface area contributed by atoms with Crippen LogP contribution < -0.4 is 20.7 Å². The number of benzene rings is 2. The summed E-state index contributed by atoms with van der Waals surface area (Å²) in [4.78, 5) is 37.1. The molecule has 0 unspecified atom stereocenters. The Kier molecular flexibility index (Phi) is 9.91. The number of hydrogen-bond donors (Lipinski definition) is 4. The van der Waals surface area contributed by atoms with Crippen LogP contribution in [0.3, 0.4) is 0 Å². The van der Waals surface area contributed by atoms with Gasteiger partial charge >= 0.3 is 0 Å². The molecule has 12 nitrogen and oxygen atoms in total. The Balaban J connectivity index is 0.987. The molecule has 4 N–H and O–H groups in total. The Morgan fingerprint density at radius 1 is 0.902 bits per heavy atom. The minimum atomic E-state index is -0.653. The predicted molar refractivity (Wildman–Crippen MR) is 189 cm³/mol. The molecule has 7 rings (SSSR count). The lowest BCUT2D eigenvalue weighted by Gasteiger charge is -2.36. The first-order valence-electron chi connectivity index (χ1n) is 17.3. The van der Waals surface area contributed by atoms with Crippen LogP contribution in [-0.4, -0.2) is 78.7 Å². The SMILES string of the molecule is C[C@@H]1CN(Cc2cc(-c3cccc(Oc4ncc(F)cc4C(=O)N[C@H]4CC[C@@H](NC(=O)c5cnn6cccnc56)CC4)c3)ccc2O)C[C@H](C)N1. The molecule has 3 aromatic heterocycles. The van der Waals surface area contributed by atoms with Crippen molar-refractivity contribution >= 4 is 17.5 Å². The zero-order valence-electron chi connectivity index (χ0n) is 28.6. The van der Waals surface area contributed by atoms with E-state index in [0.29, 0.717) is 61.3 Å². The molecule has 51 heavy (non-hydrogen) atoms. The molecule has 2 aromatic carbocycles. The number of phenolic OH excluding ortho intramolecular Hbond substituents is 1. The maximum atomic E-state index is 14.4. The van der Waals surface area contributed by atoms with Crippen LogP contribution in [0.4, 0.5) is 4.39 Å². The third-order valence-corrected chi connectivity index (χ3v) is 9.47. The van der Waals surface area contributed by atoms with Crippen molar-refractivity contribution < 1.29 is 23.8 Å². The fraction of sp³-hybridized carbons (Fsp3) is 0.342. The van der Waals surface area contributed by atoms with Gasteiger partial charge in [0.1, 0.15) is 28.4 Å². The van der Waals surface area contributed by atoms with E-state index >= 15 is 0 Å². The monoisotopic (exact) mass is 692 g/mol. The van der Waals surface area contributed by atoms with Crippen molar-refractivity contribution in [2.75, 3.05) is 13.1 Å². The number of amides is 2. The summed E-state index contributed by atoms with van der Waals surface area (Å²) in [5, 5.41) is 24.5. The molecule has 264 valence electrons. The van der Waals surface area contributed by atoms with Crippen LogP contribution in [0.15, 0.2) is 79.4 Å². The van der Waals surface area contributed by atoms with E-state index in [1.807, 2.05) is 30.3 Å². The number of rotatable bonds is 9. The molecule has 2 amide bonds. The molecule has 5 aromatic rings. The van der Waals surface area contributed by atoms with Gasteiger partial charge < -0.3 is 25.8 Å². The largest absolute Gasteiger partial charge is 0.508 e. The molecule has 4 heterocycles. The van der Waals surface area contributed by atoms with Gasteiger partial charge in [-0.3, -0.25) is 14.5 Å². The third kappa shape index (κ3) is 8.00. The van der Waals surface area contributed by atoms with Gasteiger partial charge in [-0.25, -0.2) is 18.9 Å². The van der Waals surface area contributed by atoms with Crippen LogP contribution in [0.5, 0.6) is 17.4 Å². The van der Waals surface area contributed by atoms with E-state index in [2.05, 4.69) is 49.8 Å². The second-order valence-electron chi connectivity index (χ2n) is 13.6. The lowest BCUT2D eigenvalue weighted by Crippen LogP contribution is -2.53. The topological polar surface area (TPSA) is 146 Å². The number of ether oxygens (including phenoxy) is 1. The van der Waals surface area contributed by atoms with Crippen molar-refractivity contribution in [2.24, 2.45) is 0 Å². The Hall–Kier alpha value is -5.40. The average molecular weight is 693 g/mol. The van der Waals surface area contributed by atoms with Crippen molar-refractivity contribution in [3.63, 3.8) is 0 Å². The van der Waals surface area contributed by atoms with Gasteiger partial charge in [0.15, 0.2) is 5.65 Å². The fourth-order valence-corrected chi connectivity index (χ4v) is 7.12. The summed E-state index contributed by atoms with van der Waals surface area (Å²) in [6.45, 7) is 6.73. The highest BCUT2D eigenvalue weighted by Crippen LogP contribution is 2.32. The van der Waals surface area contributed by atoms with Crippen LogP contribution in [0.1, 0.15) is 65.8 Å². The highest BCUT2D eigenvalue weighted by atomic mass is 19.1. The molecule has 2 fully saturated rings. The number of carbonyl (C=O) groups is 2.